The lowest BCUT2D eigenvalue weighted by Crippen LogP contribution is -1.92. The minimum absolute atomic E-state index is 0.505. The third-order valence-electron chi connectivity index (χ3n) is 3.60. The Bertz CT molecular complexity index is 891. The molecule has 0 bridgehead atoms. The molecule has 108 valence electrons. The summed E-state index contributed by atoms with van der Waals surface area (Å²) in [6, 6.07) is 18.4. The van der Waals surface area contributed by atoms with E-state index in [-0.39, 0.29) is 0 Å². The number of nitrogen functional groups attached to an aromatic ring is 1. The zero-order valence-electron chi connectivity index (χ0n) is 11.8. The molecule has 0 fully saturated rings. The molecule has 0 spiro atoms. The lowest BCUT2D eigenvalue weighted by Gasteiger charge is -2.01. The molecule has 2 aromatic heterocycles. The molecule has 0 amide bonds. The van der Waals surface area contributed by atoms with Crippen molar-refractivity contribution in [1.29, 1.82) is 0 Å². The molecule has 22 heavy (non-hydrogen) atoms. The summed E-state index contributed by atoms with van der Waals surface area (Å²) >= 11 is 1.64. The zero-order chi connectivity index (χ0) is 14.9. The Hall–Kier alpha value is -2.66. The Kier molecular flexibility index (Phi) is 3.12. The number of nitrogens with one attached hydrogen (secondary N) is 1. The van der Waals surface area contributed by atoms with E-state index < -0.39 is 0 Å². The van der Waals surface area contributed by atoms with Crippen LogP contribution in [0.25, 0.3) is 20.8 Å². The van der Waals surface area contributed by atoms with Crippen molar-refractivity contribution in [3.8, 4) is 10.6 Å². The highest BCUT2D eigenvalue weighted by atomic mass is 32.1. The number of thiazole rings is 1. The van der Waals surface area contributed by atoms with Gasteiger partial charge in [0, 0.05) is 6.42 Å². The van der Waals surface area contributed by atoms with Gasteiger partial charge in [-0.3, -0.25) is 5.10 Å². The number of hydrogen-bond acceptors (Lipinski definition) is 4. The van der Waals surface area contributed by atoms with Gasteiger partial charge >= 0.3 is 0 Å². The molecule has 0 aliphatic heterocycles. The summed E-state index contributed by atoms with van der Waals surface area (Å²) in [4.78, 5) is 4.70. The van der Waals surface area contributed by atoms with Crippen LogP contribution in [-0.2, 0) is 6.42 Å². The van der Waals surface area contributed by atoms with E-state index in [0.29, 0.717) is 5.82 Å². The van der Waals surface area contributed by atoms with Gasteiger partial charge in [-0.05, 0) is 17.7 Å². The van der Waals surface area contributed by atoms with Gasteiger partial charge in [-0.15, -0.1) is 11.3 Å². The van der Waals surface area contributed by atoms with E-state index in [0.717, 1.165) is 32.9 Å². The van der Waals surface area contributed by atoms with Crippen LogP contribution in [0.5, 0.6) is 0 Å². The second kappa shape index (κ2) is 5.27. The van der Waals surface area contributed by atoms with Crippen molar-refractivity contribution in [3.63, 3.8) is 0 Å². The first-order valence-corrected chi connectivity index (χ1v) is 7.85. The number of hydrogen-bond donors (Lipinski definition) is 2. The number of benzene rings is 2. The van der Waals surface area contributed by atoms with Crippen molar-refractivity contribution in [2.45, 2.75) is 6.42 Å². The van der Waals surface area contributed by atoms with Gasteiger partial charge in [0.2, 0.25) is 0 Å². The van der Waals surface area contributed by atoms with Gasteiger partial charge in [0.05, 0.1) is 21.5 Å². The molecule has 3 N–H and O–H groups in total. The van der Waals surface area contributed by atoms with E-state index in [1.54, 1.807) is 11.3 Å². The number of H-pyrrole nitrogens is 1. The summed E-state index contributed by atoms with van der Waals surface area (Å²) in [6.07, 6.45) is 0.760. The molecule has 0 saturated carbocycles. The van der Waals surface area contributed by atoms with Crippen LogP contribution in [0, 0.1) is 0 Å². The molecule has 2 heterocycles. The summed E-state index contributed by atoms with van der Waals surface area (Å²) < 4.78 is 1.16. The molecule has 4 nitrogen and oxygen atoms in total. The van der Waals surface area contributed by atoms with E-state index in [9.17, 15) is 0 Å². The van der Waals surface area contributed by atoms with Crippen LogP contribution in [0.2, 0.25) is 0 Å². The molecule has 0 unspecified atom stereocenters. The topological polar surface area (TPSA) is 67.6 Å². The van der Waals surface area contributed by atoms with E-state index in [1.165, 1.54) is 5.56 Å². The lowest BCUT2D eigenvalue weighted by molar-refractivity contribution is 1.00. The number of aromatic nitrogens is 3. The second-order valence-electron chi connectivity index (χ2n) is 5.11. The molecule has 4 aromatic rings. The number of nitrogens with zero attached hydrogens (tertiary/aromatic N) is 2. The van der Waals surface area contributed by atoms with Crippen LogP contribution in [-0.4, -0.2) is 15.2 Å². The Morgan fingerprint density at radius 1 is 1.00 bits per heavy atom. The largest absolute Gasteiger partial charge is 0.382 e. The normalized spacial score (nSPS) is 11.1. The fourth-order valence-electron chi connectivity index (χ4n) is 2.54. The highest BCUT2D eigenvalue weighted by Crippen LogP contribution is 2.35. The average molecular weight is 306 g/mol. The van der Waals surface area contributed by atoms with Crippen LogP contribution in [0.4, 0.5) is 5.82 Å². The maximum absolute atomic E-state index is 6.07. The number of fused-ring (bicyclic) bond motifs is 1. The van der Waals surface area contributed by atoms with Crippen molar-refractivity contribution in [3.05, 3.63) is 65.9 Å². The maximum atomic E-state index is 6.07. The predicted octanol–water partition coefficient (Wildman–Crippen LogP) is 3.86. The van der Waals surface area contributed by atoms with Gasteiger partial charge in [0.1, 0.15) is 5.01 Å². The van der Waals surface area contributed by atoms with Gasteiger partial charge in [0.25, 0.3) is 0 Å². The number of para-hydroxylation sites is 1. The van der Waals surface area contributed by atoms with Gasteiger partial charge in [-0.25, -0.2) is 4.98 Å². The molecule has 0 aliphatic carbocycles. The first-order chi connectivity index (χ1) is 10.8. The number of anilines is 1. The van der Waals surface area contributed by atoms with Crippen LogP contribution in [0.15, 0.2) is 54.6 Å². The smallest absolute Gasteiger partial charge is 0.155 e. The van der Waals surface area contributed by atoms with Gasteiger partial charge < -0.3 is 5.73 Å². The molecule has 0 aliphatic rings. The first-order valence-electron chi connectivity index (χ1n) is 7.04. The number of rotatable bonds is 3. The molecule has 4 rings (SSSR count). The first kappa shape index (κ1) is 13.0. The monoisotopic (exact) mass is 306 g/mol. The lowest BCUT2D eigenvalue weighted by atomic mass is 10.1. The molecule has 0 atom stereocenters. The molecule has 5 heteroatoms. The van der Waals surface area contributed by atoms with Gasteiger partial charge in [0.15, 0.2) is 5.82 Å². The van der Waals surface area contributed by atoms with Crippen molar-refractivity contribution in [2.24, 2.45) is 0 Å². The van der Waals surface area contributed by atoms with Crippen molar-refractivity contribution >= 4 is 27.4 Å². The Morgan fingerprint density at radius 3 is 2.59 bits per heavy atom. The third-order valence-corrected chi connectivity index (χ3v) is 4.65. The standard InChI is InChI=1S/C17H14N4S/c18-16-15(17-19-12-8-4-5-9-14(12)22-17)13(20-21-16)10-11-6-2-1-3-7-11/h1-9H,10H2,(H3,18,20,21). The van der Waals surface area contributed by atoms with E-state index in [2.05, 4.69) is 28.4 Å². The quantitative estimate of drug-likeness (QED) is 0.604. The van der Waals surface area contributed by atoms with Crippen molar-refractivity contribution in [1.82, 2.24) is 15.2 Å². The van der Waals surface area contributed by atoms with Crippen molar-refractivity contribution < 1.29 is 0 Å². The molecular formula is C17H14N4S. The van der Waals surface area contributed by atoms with Crippen LogP contribution in [0.3, 0.4) is 0 Å². The van der Waals surface area contributed by atoms with Gasteiger partial charge in [-0.1, -0.05) is 42.5 Å². The molecule has 0 radical (unpaired) electrons. The van der Waals surface area contributed by atoms with E-state index in [4.69, 9.17) is 10.7 Å². The maximum Gasteiger partial charge on any atom is 0.155 e. The second-order valence-corrected chi connectivity index (χ2v) is 6.14. The summed E-state index contributed by atoms with van der Waals surface area (Å²) in [5, 5.41) is 8.15. The SMILES string of the molecule is Nc1n[nH]c(Cc2ccccc2)c1-c1nc2ccccc2s1. The highest BCUT2D eigenvalue weighted by molar-refractivity contribution is 7.21. The van der Waals surface area contributed by atoms with Crippen LogP contribution >= 0.6 is 11.3 Å². The Morgan fingerprint density at radius 2 is 1.77 bits per heavy atom. The molecular weight excluding hydrogens is 292 g/mol. The zero-order valence-corrected chi connectivity index (χ0v) is 12.6. The highest BCUT2D eigenvalue weighted by Gasteiger charge is 2.17. The van der Waals surface area contributed by atoms with Crippen LogP contribution in [0.1, 0.15) is 11.3 Å². The van der Waals surface area contributed by atoms with Crippen molar-refractivity contribution in [2.75, 3.05) is 5.73 Å². The van der Waals surface area contributed by atoms with E-state index in [1.807, 2.05) is 36.4 Å². The predicted molar refractivity (Wildman–Crippen MR) is 90.9 cm³/mol. The molecule has 0 saturated heterocycles. The number of aromatic amines is 1. The Balaban J connectivity index is 1.79. The fraction of sp³-hybridized carbons (Fsp3) is 0.0588. The summed E-state index contributed by atoms with van der Waals surface area (Å²) in [5.74, 6) is 0.505. The van der Waals surface area contributed by atoms with Gasteiger partial charge in [-0.2, -0.15) is 5.10 Å². The molecule has 2 aromatic carbocycles. The summed E-state index contributed by atoms with van der Waals surface area (Å²) in [6.45, 7) is 0. The average Bonchev–Trinajstić information content (AvgIpc) is 3.11. The number of nitrogens with two attached hydrogens (primary N) is 1. The third kappa shape index (κ3) is 2.25. The Labute approximate surface area is 131 Å². The fourth-order valence-corrected chi connectivity index (χ4v) is 3.59. The van der Waals surface area contributed by atoms with E-state index >= 15 is 0 Å². The summed E-state index contributed by atoms with van der Waals surface area (Å²) in [5.41, 5.74) is 10.2. The summed E-state index contributed by atoms with van der Waals surface area (Å²) in [7, 11) is 0. The minimum atomic E-state index is 0.505. The van der Waals surface area contributed by atoms with Crippen LogP contribution < -0.4 is 5.73 Å². The minimum Gasteiger partial charge on any atom is -0.382 e.